The second kappa shape index (κ2) is 7.35. The Morgan fingerprint density at radius 1 is 0.957 bits per heavy atom. The average molecular weight is 319 g/mol. The monoisotopic (exact) mass is 319 g/mol. The largest absolute Gasteiger partial charge is 0.339 e. The zero-order valence-electron chi connectivity index (χ0n) is 15.0. The number of piperidine rings is 2. The predicted molar refractivity (Wildman–Crippen MR) is 94.4 cm³/mol. The molecule has 23 heavy (non-hydrogen) atoms. The van der Waals surface area contributed by atoms with Crippen LogP contribution in [0.5, 0.6) is 0 Å². The molecule has 3 rings (SSSR count). The quantitative estimate of drug-likeness (QED) is 0.744. The first-order valence-electron chi connectivity index (χ1n) is 9.51. The number of rotatable bonds is 4. The summed E-state index contributed by atoms with van der Waals surface area (Å²) < 4.78 is 0. The van der Waals surface area contributed by atoms with Gasteiger partial charge in [-0.25, -0.2) is 0 Å². The van der Waals surface area contributed by atoms with Gasteiger partial charge in [-0.15, -0.1) is 0 Å². The third-order valence-electron chi connectivity index (χ3n) is 6.27. The van der Waals surface area contributed by atoms with Crippen LogP contribution >= 0.6 is 0 Å². The molecule has 3 aliphatic heterocycles. The molecular formula is C19H33N3O. The molecule has 0 bridgehead atoms. The maximum Gasteiger partial charge on any atom is 0.248 e. The molecule has 0 aromatic heterocycles. The van der Waals surface area contributed by atoms with Gasteiger partial charge in [-0.05, 0) is 51.6 Å². The fourth-order valence-electron chi connectivity index (χ4n) is 4.45. The van der Waals surface area contributed by atoms with Crippen molar-refractivity contribution in [2.45, 2.75) is 58.0 Å². The molecule has 1 amide bonds. The van der Waals surface area contributed by atoms with Crippen molar-refractivity contribution in [1.29, 1.82) is 0 Å². The number of carbonyl (C=O) groups is 1. The van der Waals surface area contributed by atoms with Gasteiger partial charge in [0.25, 0.3) is 0 Å². The van der Waals surface area contributed by atoms with E-state index in [-0.39, 0.29) is 5.91 Å². The summed E-state index contributed by atoms with van der Waals surface area (Å²) in [6.45, 7) is 14.8. The van der Waals surface area contributed by atoms with Crippen LogP contribution in [-0.4, -0.2) is 72.0 Å². The molecule has 3 heterocycles. The van der Waals surface area contributed by atoms with E-state index in [1.807, 2.05) is 11.8 Å². The third kappa shape index (κ3) is 3.80. The van der Waals surface area contributed by atoms with Crippen LogP contribution in [0.1, 0.15) is 46.0 Å². The fourth-order valence-corrected chi connectivity index (χ4v) is 4.45. The molecule has 4 heteroatoms. The number of likely N-dealkylation sites (tertiary alicyclic amines) is 3. The highest BCUT2D eigenvalue weighted by molar-refractivity contribution is 5.92. The minimum absolute atomic E-state index is 0.142. The first-order chi connectivity index (χ1) is 11.1. The minimum atomic E-state index is 0.142. The van der Waals surface area contributed by atoms with Gasteiger partial charge in [0.1, 0.15) is 0 Å². The molecular weight excluding hydrogens is 286 g/mol. The molecule has 0 aliphatic carbocycles. The van der Waals surface area contributed by atoms with E-state index >= 15 is 0 Å². The molecule has 0 atom stereocenters. The van der Waals surface area contributed by atoms with Crippen molar-refractivity contribution in [2.24, 2.45) is 5.92 Å². The summed E-state index contributed by atoms with van der Waals surface area (Å²) in [5, 5.41) is 0. The predicted octanol–water partition coefficient (Wildman–Crippen LogP) is 2.36. The Balaban J connectivity index is 1.38. The van der Waals surface area contributed by atoms with Crippen LogP contribution in [0, 0.1) is 5.92 Å². The summed E-state index contributed by atoms with van der Waals surface area (Å²) in [7, 11) is 0. The molecule has 0 spiro atoms. The summed E-state index contributed by atoms with van der Waals surface area (Å²) in [5.74, 6) is 1.11. The molecule has 4 nitrogen and oxygen atoms in total. The third-order valence-corrected chi connectivity index (χ3v) is 6.27. The first kappa shape index (κ1) is 17.0. The fraction of sp³-hybridized carbons (Fsp3) is 0.842. The Bertz CT molecular complexity index is 428. The van der Waals surface area contributed by atoms with Gasteiger partial charge in [0.15, 0.2) is 0 Å². The summed E-state index contributed by atoms with van der Waals surface area (Å²) in [5.41, 5.74) is 0.669. The van der Waals surface area contributed by atoms with E-state index in [1.54, 1.807) is 0 Å². The molecule has 0 saturated carbocycles. The lowest BCUT2D eigenvalue weighted by Crippen LogP contribution is -2.64. The summed E-state index contributed by atoms with van der Waals surface area (Å²) >= 11 is 0. The van der Waals surface area contributed by atoms with Crippen molar-refractivity contribution in [3.63, 3.8) is 0 Å². The van der Waals surface area contributed by atoms with E-state index in [0.717, 1.165) is 37.9 Å². The highest BCUT2D eigenvalue weighted by Crippen LogP contribution is 2.28. The second-order valence-electron chi connectivity index (χ2n) is 7.80. The normalized spacial score (nSPS) is 26.3. The summed E-state index contributed by atoms with van der Waals surface area (Å²) in [4.78, 5) is 19.3. The Morgan fingerprint density at radius 3 is 2.09 bits per heavy atom. The van der Waals surface area contributed by atoms with Crippen LogP contribution < -0.4 is 0 Å². The molecule has 0 aromatic rings. The summed E-state index contributed by atoms with van der Waals surface area (Å²) in [6, 6.07) is 1.48. The molecule has 3 aliphatic rings. The first-order valence-corrected chi connectivity index (χ1v) is 9.51. The molecule has 0 unspecified atom stereocenters. The maximum absolute atomic E-state index is 12.0. The number of hydrogen-bond acceptors (Lipinski definition) is 3. The van der Waals surface area contributed by atoms with Crippen molar-refractivity contribution >= 4 is 5.91 Å². The van der Waals surface area contributed by atoms with Gasteiger partial charge in [0, 0.05) is 43.8 Å². The van der Waals surface area contributed by atoms with Gasteiger partial charge in [0.05, 0.1) is 0 Å². The molecule has 0 radical (unpaired) electrons. The van der Waals surface area contributed by atoms with Crippen molar-refractivity contribution in [3.8, 4) is 0 Å². The Kier molecular flexibility index (Phi) is 5.42. The van der Waals surface area contributed by atoms with Gasteiger partial charge in [-0.1, -0.05) is 19.9 Å². The topological polar surface area (TPSA) is 26.8 Å². The van der Waals surface area contributed by atoms with Gasteiger partial charge in [-0.2, -0.15) is 0 Å². The van der Waals surface area contributed by atoms with Crippen molar-refractivity contribution in [2.75, 3.05) is 39.3 Å². The van der Waals surface area contributed by atoms with Gasteiger partial charge in [0.2, 0.25) is 5.91 Å². The second-order valence-corrected chi connectivity index (χ2v) is 7.80. The number of hydrogen-bond donors (Lipinski definition) is 0. The summed E-state index contributed by atoms with van der Waals surface area (Å²) in [6.07, 6.45) is 6.40. The number of carbonyl (C=O) groups excluding carboxylic acids is 1. The molecule has 3 saturated heterocycles. The highest BCUT2D eigenvalue weighted by Gasteiger charge is 2.38. The SMILES string of the molecule is C=C(C)C(=O)N1CCC(N2CC(N3CCC(CC)CC3)C2)CC1. The molecule has 130 valence electrons. The van der Waals surface area contributed by atoms with E-state index in [0.29, 0.717) is 11.6 Å². The highest BCUT2D eigenvalue weighted by atomic mass is 16.2. The van der Waals surface area contributed by atoms with Crippen LogP contribution in [-0.2, 0) is 4.79 Å². The van der Waals surface area contributed by atoms with Crippen LogP contribution in [0.25, 0.3) is 0 Å². The van der Waals surface area contributed by atoms with Crippen LogP contribution in [0.3, 0.4) is 0 Å². The van der Waals surface area contributed by atoms with Crippen LogP contribution in [0.4, 0.5) is 0 Å². The van der Waals surface area contributed by atoms with Crippen LogP contribution in [0.2, 0.25) is 0 Å². The van der Waals surface area contributed by atoms with Gasteiger partial charge in [-0.3, -0.25) is 14.6 Å². The van der Waals surface area contributed by atoms with E-state index in [1.165, 1.54) is 45.4 Å². The lowest BCUT2D eigenvalue weighted by molar-refractivity contribution is -0.129. The standard InChI is InChI=1S/C19H33N3O/c1-4-16-5-9-20(10-6-16)18-13-22(14-18)17-7-11-21(12-8-17)19(23)15(2)3/h16-18H,2,4-14H2,1,3H3. The molecule has 3 fully saturated rings. The Labute approximate surface area is 141 Å². The zero-order chi connectivity index (χ0) is 16.4. The zero-order valence-corrected chi connectivity index (χ0v) is 15.0. The van der Waals surface area contributed by atoms with Crippen molar-refractivity contribution in [3.05, 3.63) is 12.2 Å². The smallest absolute Gasteiger partial charge is 0.248 e. The maximum atomic E-state index is 12.0. The van der Waals surface area contributed by atoms with E-state index in [2.05, 4.69) is 23.3 Å². The lowest BCUT2D eigenvalue weighted by atomic mass is 9.91. The molecule has 0 aromatic carbocycles. The van der Waals surface area contributed by atoms with Crippen LogP contribution in [0.15, 0.2) is 12.2 Å². The van der Waals surface area contributed by atoms with Crippen molar-refractivity contribution in [1.82, 2.24) is 14.7 Å². The van der Waals surface area contributed by atoms with Gasteiger partial charge < -0.3 is 4.90 Å². The average Bonchev–Trinajstić information content (AvgIpc) is 2.54. The van der Waals surface area contributed by atoms with Crippen molar-refractivity contribution < 1.29 is 4.79 Å². The van der Waals surface area contributed by atoms with E-state index < -0.39 is 0 Å². The van der Waals surface area contributed by atoms with E-state index in [9.17, 15) is 4.79 Å². The van der Waals surface area contributed by atoms with Gasteiger partial charge >= 0.3 is 0 Å². The number of amides is 1. The lowest BCUT2D eigenvalue weighted by Gasteiger charge is -2.52. The Hall–Kier alpha value is -0.870. The Morgan fingerprint density at radius 2 is 1.57 bits per heavy atom. The number of nitrogens with zero attached hydrogens (tertiary/aromatic N) is 3. The minimum Gasteiger partial charge on any atom is -0.339 e. The van der Waals surface area contributed by atoms with E-state index in [4.69, 9.17) is 0 Å². The molecule has 0 N–H and O–H groups in total.